The van der Waals surface area contributed by atoms with E-state index in [1.807, 2.05) is 0 Å². The molecule has 0 amide bonds. The van der Waals surface area contributed by atoms with E-state index in [9.17, 15) is 0 Å². The minimum Gasteiger partial charge on any atom is -0.380 e. The van der Waals surface area contributed by atoms with Gasteiger partial charge in [0.2, 0.25) is 0 Å². The summed E-state index contributed by atoms with van der Waals surface area (Å²) in [5, 5.41) is 0. The van der Waals surface area contributed by atoms with Crippen molar-refractivity contribution in [3.05, 3.63) is 0 Å². The highest BCUT2D eigenvalue weighted by molar-refractivity contribution is 4.66. The van der Waals surface area contributed by atoms with Crippen LogP contribution in [0.15, 0.2) is 0 Å². The topological polar surface area (TPSA) is 47.3 Å². The zero-order valence-electron chi connectivity index (χ0n) is 9.88. The minimum atomic E-state index is 0.308. The van der Waals surface area contributed by atoms with E-state index in [-0.39, 0.29) is 0 Å². The molecule has 0 aromatic heterocycles. The fraction of sp³-hybridized carbons (Fsp3) is 1.00. The van der Waals surface area contributed by atoms with Crippen molar-refractivity contribution in [1.29, 1.82) is 0 Å². The van der Waals surface area contributed by atoms with E-state index < -0.39 is 0 Å². The summed E-state index contributed by atoms with van der Waals surface area (Å²) in [7, 11) is 0. The third-order valence-electron chi connectivity index (χ3n) is 2.37. The molecule has 0 aromatic carbocycles. The maximum Gasteiger partial charge on any atom is 0.0633 e. The SMILES string of the molecule is CCCOCC(CC(C)CCC)NN. The number of nitrogens with one attached hydrogen (secondary N) is 1. The summed E-state index contributed by atoms with van der Waals surface area (Å²) in [6.07, 6.45) is 4.69. The van der Waals surface area contributed by atoms with Crippen molar-refractivity contribution in [3.8, 4) is 0 Å². The average molecular weight is 202 g/mol. The van der Waals surface area contributed by atoms with Gasteiger partial charge < -0.3 is 4.74 Å². The van der Waals surface area contributed by atoms with Crippen molar-refractivity contribution in [3.63, 3.8) is 0 Å². The molecule has 0 aromatic rings. The Labute approximate surface area is 88.4 Å². The Morgan fingerprint density at radius 2 is 2.00 bits per heavy atom. The lowest BCUT2D eigenvalue weighted by atomic mass is 9.98. The third-order valence-corrected chi connectivity index (χ3v) is 2.37. The van der Waals surface area contributed by atoms with Crippen LogP contribution in [0.3, 0.4) is 0 Å². The van der Waals surface area contributed by atoms with Crippen LogP contribution in [0.1, 0.15) is 46.5 Å². The molecule has 0 aliphatic carbocycles. The molecule has 0 rings (SSSR count). The second kappa shape index (κ2) is 9.44. The average Bonchev–Trinajstić information content (AvgIpc) is 2.17. The van der Waals surface area contributed by atoms with Crippen molar-refractivity contribution >= 4 is 0 Å². The highest BCUT2D eigenvalue weighted by atomic mass is 16.5. The van der Waals surface area contributed by atoms with E-state index in [0.717, 1.165) is 32.0 Å². The smallest absolute Gasteiger partial charge is 0.0633 e. The third kappa shape index (κ3) is 7.30. The van der Waals surface area contributed by atoms with Gasteiger partial charge in [-0.15, -0.1) is 0 Å². The second-order valence-corrected chi connectivity index (χ2v) is 4.07. The van der Waals surface area contributed by atoms with Crippen LogP contribution in [0.5, 0.6) is 0 Å². The van der Waals surface area contributed by atoms with E-state index in [0.29, 0.717) is 6.04 Å². The molecule has 0 bridgehead atoms. The van der Waals surface area contributed by atoms with Crippen LogP contribution < -0.4 is 11.3 Å². The molecular formula is C11H26N2O. The van der Waals surface area contributed by atoms with Gasteiger partial charge in [0.1, 0.15) is 0 Å². The fourth-order valence-electron chi connectivity index (χ4n) is 1.65. The van der Waals surface area contributed by atoms with Gasteiger partial charge in [-0.1, -0.05) is 33.6 Å². The Bertz CT molecular complexity index is 120. The van der Waals surface area contributed by atoms with Crippen molar-refractivity contribution in [2.75, 3.05) is 13.2 Å². The molecule has 0 radical (unpaired) electrons. The van der Waals surface area contributed by atoms with Crippen molar-refractivity contribution in [2.45, 2.75) is 52.5 Å². The van der Waals surface area contributed by atoms with E-state index in [2.05, 4.69) is 26.2 Å². The number of hydrogen-bond donors (Lipinski definition) is 2. The molecule has 0 fully saturated rings. The van der Waals surface area contributed by atoms with Gasteiger partial charge in [-0.3, -0.25) is 11.3 Å². The van der Waals surface area contributed by atoms with Crippen LogP contribution in [-0.2, 0) is 4.74 Å². The summed E-state index contributed by atoms with van der Waals surface area (Å²) < 4.78 is 5.47. The predicted octanol–water partition coefficient (Wildman–Crippen LogP) is 2.07. The summed E-state index contributed by atoms with van der Waals surface area (Å²) in [5.74, 6) is 6.20. The van der Waals surface area contributed by atoms with E-state index in [4.69, 9.17) is 10.6 Å². The van der Waals surface area contributed by atoms with Gasteiger partial charge in [0, 0.05) is 12.6 Å². The first-order valence-electron chi connectivity index (χ1n) is 5.78. The molecule has 3 nitrogen and oxygen atoms in total. The molecule has 3 heteroatoms. The van der Waals surface area contributed by atoms with Crippen molar-refractivity contribution in [2.24, 2.45) is 11.8 Å². The number of hydrogen-bond acceptors (Lipinski definition) is 3. The molecular weight excluding hydrogens is 176 g/mol. The number of rotatable bonds is 9. The van der Waals surface area contributed by atoms with Gasteiger partial charge in [0.25, 0.3) is 0 Å². The number of ether oxygens (including phenoxy) is 1. The molecule has 0 spiro atoms. The van der Waals surface area contributed by atoms with Crippen molar-refractivity contribution in [1.82, 2.24) is 5.43 Å². The first-order valence-corrected chi connectivity index (χ1v) is 5.78. The highest BCUT2D eigenvalue weighted by Crippen LogP contribution is 2.12. The van der Waals surface area contributed by atoms with Crippen LogP contribution in [0.25, 0.3) is 0 Å². The summed E-state index contributed by atoms with van der Waals surface area (Å²) >= 11 is 0. The molecule has 0 saturated heterocycles. The van der Waals surface area contributed by atoms with Gasteiger partial charge in [-0.05, 0) is 18.8 Å². The molecule has 2 unspecified atom stereocenters. The lowest BCUT2D eigenvalue weighted by Gasteiger charge is -2.19. The van der Waals surface area contributed by atoms with Crippen LogP contribution >= 0.6 is 0 Å². The normalized spacial score (nSPS) is 15.4. The molecule has 0 saturated carbocycles. The lowest BCUT2D eigenvalue weighted by molar-refractivity contribution is 0.104. The molecule has 2 atom stereocenters. The monoisotopic (exact) mass is 202 g/mol. The first-order chi connectivity index (χ1) is 6.74. The Kier molecular flexibility index (Phi) is 9.35. The van der Waals surface area contributed by atoms with E-state index >= 15 is 0 Å². The van der Waals surface area contributed by atoms with Gasteiger partial charge in [-0.2, -0.15) is 0 Å². The largest absolute Gasteiger partial charge is 0.380 e. The van der Waals surface area contributed by atoms with Gasteiger partial charge in [0.05, 0.1) is 6.61 Å². The van der Waals surface area contributed by atoms with Crippen LogP contribution in [0, 0.1) is 5.92 Å². The minimum absolute atomic E-state index is 0.308. The van der Waals surface area contributed by atoms with Gasteiger partial charge in [0.15, 0.2) is 0 Å². The maximum atomic E-state index is 5.47. The molecule has 0 aliphatic rings. The Morgan fingerprint density at radius 1 is 1.29 bits per heavy atom. The fourth-order valence-corrected chi connectivity index (χ4v) is 1.65. The molecule has 3 N–H and O–H groups in total. The van der Waals surface area contributed by atoms with E-state index in [1.165, 1.54) is 12.8 Å². The highest BCUT2D eigenvalue weighted by Gasteiger charge is 2.11. The predicted molar refractivity (Wildman–Crippen MR) is 60.9 cm³/mol. The quantitative estimate of drug-likeness (QED) is 0.342. The number of nitrogens with two attached hydrogens (primary N) is 1. The van der Waals surface area contributed by atoms with Crippen LogP contribution in [-0.4, -0.2) is 19.3 Å². The van der Waals surface area contributed by atoms with Crippen LogP contribution in [0.4, 0.5) is 0 Å². The zero-order valence-corrected chi connectivity index (χ0v) is 9.88. The van der Waals surface area contributed by atoms with Crippen molar-refractivity contribution < 1.29 is 4.74 Å². The van der Waals surface area contributed by atoms with Gasteiger partial charge >= 0.3 is 0 Å². The first kappa shape index (κ1) is 13.9. The van der Waals surface area contributed by atoms with E-state index in [1.54, 1.807) is 0 Å². The summed E-state index contributed by atoms with van der Waals surface area (Å²) in [5.41, 5.74) is 2.83. The molecule has 0 heterocycles. The van der Waals surface area contributed by atoms with Gasteiger partial charge in [-0.25, -0.2) is 0 Å². The maximum absolute atomic E-state index is 5.47. The Balaban J connectivity index is 3.55. The summed E-state index contributed by atoms with van der Waals surface area (Å²) in [6, 6.07) is 0.308. The molecule has 14 heavy (non-hydrogen) atoms. The lowest BCUT2D eigenvalue weighted by Crippen LogP contribution is -2.39. The second-order valence-electron chi connectivity index (χ2n) is 4.07. The molecule has 86 valence electrons. The van der Waals surface area contributed by atoms with Crippen LogP contribution in [0.2, 0.25) is 0 Å². The number of hydrazine groups is 1. The molecule has 0 aliphatic heterocycles. The summed E-state index contributed by atoms with van der Waals surface area (Å²) in [6.45, 7) is 8.17. The summed E-state index contributed by atoms with van der Waals surface area (Å²) in [4.78, 5) is 0. The zero-order chi connectivity index (χ0) is 10.8. The Morgan fingerprint density at radius 3 is 2.50 bits per heavy atom. The standard InChI is InChI=1S/C11H26N2O/c1-4-6-10(3)8-11(13-12)9-14-7-5-2/h10-11,13H,4-9,12H2,1-3H3. The Hall–Kier alpha value is -0.120.